The highest BCUT2D eigenvalue weighted by Gasteiger charge is 2.31. The molecule has 0 aliphatic carbocycles. The van der Waals surface area contributed by atoms with Crippen molar-refractivity contribution < 1.29 is 17.9 Å². The van der Waals surface area contributed by atoms with Crippen molar-refractivity contribution in [1.29, 1.82) is 0 Å². The van der Waals surface area contributed by atoms with Crippen molar-refractivity contribution in [3.05, 3.63) is 48.7 Å². The Kier molecular flexibility index (Phi) is 2.85. The number of H-pyrrole nitrogens is 1. The first-order chi connectivity index (χ1) is 9.53. The maximum Gasteiger partial charge on any atom is 0.573 e. The number of hydrogen-bond acceptors (Lipinski definition) is 2. The van der Waals surface area contributed by atoms with Gasteiger partial charge in [-0.1, -0.05) is 30.3 Å². The fourth-order valence-electron chi connectivity index (χ4n) is 2.07. The Bertz CT molecular complexity index is 735. The summed E-state index contributed by atoms with van der Waals surface area (Å²) in [6, 6.07) is 11.8. The minimum absolute atomic E-state index is 0.270. The van der Waals surface area contributed by atoms with Crippen molar-refractivity contribution in [2.75, 3.05) is 0 Å². The van der Waals surface area contributed by atoms with Gasteiger partial charge in [-0.3, -0.25) is 5.10 Å². The first-order valence-corrected chi connectivity index (χ1v) is 5.81. The Morgan fingerprint density at radius 1 is 1.05 bits per heavy atom. The van der Waals surface area contributed by atoms with Gasteiger partial charge in [0.1, 0.15) is 5.75 Å². The van der Waals surface area contributed by atoms with Gasteiger partial charge in [0, 0.05) is 11.5 Å². The van der Waals surface area contributed by atoms with Crippen LogP contribution >= 0.6 is 0 Å². The summed E-state index contributed by atoms with van der Waals surface area (Å²) in [7, 11) is 0. The zero-order valence-corrected chi connectivity index (χ0v) is 10.1. The van der Waals surface area contributed by atoms with Gasteiger partial charge in [-0.2, -0.15) is 5.10 Å². The lowest BCUT2D eigenvalue weighted by molar-refractivity contribution is -0.274. The molecule has 1 aromatic heterocycles. The number of hydrogen-bond donors (Lipinski definition) is 1. The first kappa shape index (κ1) is 12.5. The molecular weight excluding hydrogens is 269 g/mol. The van der Waals surface area contributed by atoms with Gasteiger partial charge in [0.25, 0.3) is 0 Å². The summed E-state index contributed by atoms with van der Waals surface area (Å²) >= 11 is 0. The number of aromatic nitrogens is 2. The molecule has 0 unspecified atom stereocenters. The van der Waals surface area contributed by atoms with E-state index in [1.54, 1.807) is 6.20 Å². The van der Waals surface area contributed by atoms with E-state index < -0.39 is 6.36 Å². The molecule has 0 atom stereocenters. The highest BCUT2D eigenvalue weighted by Crippen LogP contribution is 2.34. The summed E-state index contributed by atoms with van der Waals surface area (Å²) in [5.74, 6) is -0.270. The van der Waals surface area contributed by atoms with E-state index in [1.165, 1.54) is 12.1 Å². The van der Waals surface area contributed by atoms with Gasteiger partial charge in [0.2, 0.25) is 0 Å². The van der Waals surface area contributed by atoms with E-state index in [9.17, 15) is 13.2 Å². The molecule has 0 spiro atoms. The zero-order valence-electron chi connectivity index (χ0n) is 10.1. The van der Waals surface area contributed by atoms with Crippen LogP contribution in [0.4, 0.5) is 13.2 Å². The van der Waals surface area contributed by atoms with Crippen LogP contribution in [0.15, 0.2) is 48.7 Å². The van der Waals surface area contributed by atoms with E-state index in [0.717, 1.165) is 10.9 Å². The normalized spacial score (nSPS) is 11.8. The van der Waals surface area contributed by atoms with Gasteiger partial charge in [0.15, 0.2) is 0 Å². The molecule has 3 nitrogen and oxygen atoms in total. The molecule has 3 aromatic rings. The SMILES string of the molecule is FC(F)(F)Oc1cc(-c2ccccc2)c2cn[nH]c2c1. The maximum absolute atomic E-state index is 12.4. The lowest BCUT2D eigenvalue weighted by atomic mass is 10.0. The van der Waals surface area contributed by atoms with Gasteiger partial charge >= 0.3 is 6.36 Å². The molecule has 0 saturated heterocycles. The molecule has 0 saturated carbocycles. The largest absolute Gasteiger partial charge is 0.573 e. The summed E-state index contributed by atoms with van der Waals surface area (Å²) in [5.41, 5.74) is 1.92. The Balaban J connectivity index is 2.17. The number of halogens is 3. The predicted octanol–water partition coefficient (Wildman–Crippen LogP) is 4.13. The molecule has 0 amide bonds. The van der Waals surface area contributed by atoms with Crippen LogP contribution in [0.25, 0.3) is 22.0 Å². The molecule has 6 heteroatoms. The summed E-state index contributed by atoms with van der Waals surface area (Å²) in [6.07, 6.45) is -3.14. The second-order valence-corrected chi connectivity index (χ2v) is 4.22. The smallest absolute Gasteiger partial charge is 0.406 e. The summed E-state index contributed by atoms with van der Waals surface area (Å²) < 4.78 is 41.1. The fraction of sp³-hybridized carbons (Fsp3) is 0.0714. The fourth-order valence-corrected chi connectivity index (χ4v) is 2.07. The number of aromatic amines is 1. The van der Waals surface area contributed by atoms with Gasteiger partial charge < -0.3 is 4.74 Å². The molecular formula is C14H9F3N2O. The van der Waals surface area contributed by atoms with E-state index in [0.29, 0.717) is 11.1 Å². The first-order valence-electron chi connectivity index (χ1n) is 5.81. The van der Waals surface area contributed by atoms with Gasteiger partial charge in [-0.15, -0.1) is 13.2 Å². The van der Waals surface area contributed by atoms with Gasteiger partial charge in [-0.25, -0.2) is 0 Å². The topological polar surface area (TPSA) is 37.9 Å². The van der Waals surface area contributed by atoms with E-state index >= 15 is 0 Å². The Morgan fingerprint density at radius 2 is 1.80 bits per heavy atom. The summed E-state index contributed by atoms with van der Waals surface area (Å²) in [4.78, 5) is 0. The minimum Gasteiger partial charge on any atom is -0.406 e. The van der Waals surface area contributed by atoms with Crippen molar-refractivity contribution in [3.63, 3.8) is 0 Å². The quantitative estimate of drug-likeness (QED) is 0.765. The molecule has 3 rings (SSSR count). The minimum atomic E-state index is -4.72. The van der Waals surface area contributed by atoms with Gasteiger partial charge in [0.05, 0.1) is 11.7 Å². The Hall–Kier alpha value is -2.50. The van der Waals surface area contributed by atoms with Crippen LogP contribution < -0.4 is 4.74 Å². The molecule has 102 valence electrons. The number of rotatable bonds is 2. The third-order valence-corrected chi connectivity index (χ3v) is 2.85. The lowest BCUT2D eigenvalue weighted by Crippen LogP contribution is -2.17. The van der Waals surface area contributed by atoms with E-state index in [-0.39, 0.29) is 5.75 Å². The van der Waals surface area contributed by atoms with Crippen LogP contribution in [-0.4, -0.2) is 16.6 Å². The summed E-state index contributed by atoms with van der Waals surface area (Å²) in [5, 5.41) is 7.26. The van der Waals surface area contributed by atoms with Crippen molar-refractivity contribution >= 4 is 10.9 Å². The van der Waals surface area contributed by atoms with Crippen molar-refractivity contribution in [2.24, 2.45) is 0 Å². The van der Waals surface area contributed by atoms with E-state index in [2.05, 4.69) is 14.9 Å². The lowest BCUT2D eigenvalue weighted by Gasteiger charge is -2.11. The Labute approximate surface area is 112 Å². The van der Waals surface area contributed by atoms with Crippen molar-refractivity contribution in [1.82, 2.24) is 10.2 Å². The number of benzene rings is 2. The van der Waals surface area contributed by atoms with Crippen molar-refractivity contribution in [2.45, 2.75) is 6.36 Å². The molecule has 20 heavy (non-hydrogen) atoms. The number of nitrogens with zero attached hydrogens (tertiary/aromatic N) is 1. The van der Waals surface area contributed by atoms with E-state index in [4.69, 9.17) is 0 Å². The van der Waals surface area contributed by atoms with E-state index in [1.807, 2.05) is 30.3 Å². The number of nitrogens with one attached hydrogen (secondary N) is 1. The molecule has 0 fully saturated rings. The van der Waals surface area contributed by atoms with Gasteiger partial charge in [-0.05, 0) is 17.2 Å². The number of ether oxygens (including phenoxy) is 1. The maximum atomic E-state index is 12.4. The summed E-state index contributed by atoms with van der Waals surface area (Å²) in [6.45, 7) is 0. The van der Waals surface area contributed by atoms with Crippen LogP contribution in [0.3, 0.4) is 0 Å². The number of alkyl halides is 3. The predicted molar refractivity (Wildman–Crippen MR) is 68.2 cm³/mol. The standard InChI is InChI=1S/C14H9F3N2O/c15-14(16,17)20-10-6-11(9-4-2-1-3-5-9)12-8-18-19-13(12)7-10/h1-8H,(H,18,19). The van der Waals surface area contributed by atoms with Crippen LogP contribution in [0.5, 0.6) is 5.75 Å². The van der Waals surface area contributed by atoms with Crippen LogP contribution in [0.2, 0.25) is 0 Å². The average molecular weight is 278 g/mol. The highest BCUT2D eigenvalue weighted by molar-refractivity contribution is 5.95. The second-order valence-electron chi connectivity index (χ2n) is 4.22. The number of fused-ring (bicyclic) bond motifs is 1. The third kappa shape index (κ3) is 2.45. The van der Waals surface area contributed by atoms with Crippen LogP contribution in [-0.2, 0) is 0 Å². The monoisotopic (exact) mass is 278 g/mol. The molecule has 1 N–H and O–H groups in total. The second kappa shape index (κ2) is 4.56. The molecule has 0 radical (unpaired) electrons. The zero-order chi connectivity index (χ0) is 14.2. The molecule has 2 aromatic carbocycles. The third-order valence-electron chi connectivity index (χ3n) is 2.85. The Morgan fingerprint density at radius 3 is 2.50 bits per heavy atom. The molecule has 0 bridgehead atoms. The highest BCUT2D eigenvalue weighted by atomic mass is 19.4. The molecule has 0 aliphatic rings. The molecule has 0 aliphatic heterocycles. The molecule has 1 heterocycles. The average Bonchev–Trinajstić information content (AvgIpc) is 2.85. The van der Waals surface area contributed by atoms with Crippen LogP contribution in [0, 0.1) is 0 Å². The van der Waals surface area contributed by atoms with Crippen molar-refractivity contribution in [3.8, 4) is 16.9 Å². The van der Waals surface area contributed by atoms with Crippen LogP contribution in [0.1, 0.15) is 0 Å².